The lowest BCUT2D eigenvalue weighted by Gasteiger charge is -2.36. The van der Waals surface area contributed by atoms with Gasteiger partial charge in [0.05, 0.1) is 43.1 Å². The van der Waals surface area contributed by atoms with E-state index in [-0.39, 0.29) is 18.9 Å². The third-order valence-corrected chi connectivity index (χ3v) is 6.31. The summed E-state index contributed by atoms with van der Waals surface area (Å²) in [6.07, 6.45) is 1.68. The Kier molecular flexibility index (Phi) is 6.72. The molecule has 9 heteroatoms. The molecule has 0 fully saturated rings. The Labute approximate surface area is 195 Å². The number of rotatable bonds is 7. The number of ether oxygens (including phenoxy) is 1. The summed E-state index contributed by atoms with van der Waals surface area (Å²) in [6, 6.07) is 10.4. The van der Waals surface area contributed by atoms with Crippen molar-refractivity contribution in [2.45, 2.75) is 32.9 Å². The number of hydrogen-bond donors (Lipinski definition) is 1. The first-order valence-corrected chi connectivity index (χ1v) is 11.4. The quantitative estimate of drug-likeness (QED) is 0.585. The van der Waals surface area contributed by atoms with Crippen molar-refractivity contribution >= 4 is 40.4 Å². The van der Waals surface area contributed by atoms with Gasteiger partial charge >= 0.3 is 5.97 Å². The predicted molar refractivity (Wildman–Crippen MR) is 124 cm³/mol. The molecule has 1 N–H and O–H groups in total. The van der Waals surface area contributed by atoms with Gasteiger partial charge in [-0.1, -0.05) is 41.6 Å². The number of esters is 1. The maximum atomic E-state index is 12.9. The molecule has 32 heavy (non-hydrogen) atoms. The van der Waals surface area contributed by atoms with Gasteiger partial charge in [-0.3, -0.25) is 4.79 Å². The molecule has 7 nitrogen and oxygen atoms in total. The van der Waals surface area contributed by atoms with E-state index in [9.17, 15) is 9.59 Å². The Balaban J connectivity index is 1.64. The number of nitrogens with zero attached hydrogens (tertiary/aromatic N) is 2. The number of aliphatic imine (C=N–C) groups is 1. The van der Waals surface area contributed by atoms with Gasteiger partial charge in [0.15, 0.2) is 5.17 Å². The van der Waals surface area contributed by atoms with Crippen LogP contribution in [0.5, 0.6) is 0 Å². The molecule has 0 saturated heterocycles. The van der Waals surface area contributed by atoms with E-state index in [0.717, 1.165) is 11.3 Å². The first-order valence-electron chi connectivity index (χ1n) is 10.1. The molecule has 3 heterocycles. The highest BCUT2D eigenvalue weighted by molar-refractivity contribution is 8.16. The Bertz CT molecular complexity index is 1120. The van der Waals surface area contributed by atoms with Crippen molar-refractivity contribution in [2.75, 3.05) is 6.61 Å². The Morgan fingerprint density at radius 3 is 2.81 bits per heavy atom. The average molecular weight is 472 g/mol. The van der Waals surface area contributed by atoms with Crippen molar-refractivity contribution in [3.8, 4) is 0 Å². The standard InChI is InChI=1S/C23H22ClN3O4S/c1-3-30-22(29)20-14(2)26-23-27(21(20)17-8-4-5-9-18(17)24)15(13-32-23)11-19(28)25-12-16-7-6-10-31-16/h4-10,13,21H,3,11-12H2,1-2H3,(H,25,28)/t21-/m1/s1. The molecule has 2 aliphatic heterocycles. The lowest BCUT2D eigenvalue weighted by Crippen LogP contribution is -2.38. The summed E-state index contributed by atoms with van der Waals surface area (Å²) in [6.45, 7) is 4.09. The Morgan fingerprint density at radius 1 is 1.28 bits per heavy atom. The molecule has 0 spiro atoms. The summed E-state index contributed by atoms with van der Waals surface area (Å²) in [5.41, 5.74) is 2.45. The van der Waals surface area contributed by atoms with Crippen LogP contribution in [0.1, 0.15) is 37.6 Å². The minimum atomic E-state index is -0.547. The molecular weight excluding hydrogens is 450 g/mol. The number of fused-ring (bicyclic) bond motifs is 1. The van der Waals surface area contributed by atoms with E-state index in [1.165, 1.54) is 11.8 Å². The van der Waals surface area contributed by atoms with Crippen molar-refractivity contribution < 1.29 is 18.7 Å². The molecule has 2 aromatic rings. The number of benzene rings is 1. The largest absolute Gasteiger partial charge is 0.467 e. The molecule has 1 aromatic carbocycles. The van der Waals surface area contributed by atoms with Crippen molar-refractivity contribution in [1.29, 1.82) is 0 Å². The van der Waals surface area contributed by atoms with Crippen molar-refractivity contribution in [1.82, 2.24) is 10.2 Å². The maximum Gasteiger partial charge on any atom is 0.338 e. The second-order valence-corrected chi connectivity index (χ2v) is 8.41. The van der Waals surface area contributed by atoms with Crippen LogP contribution in [0.4, 0.5) is 0 Å². The van der Waals surface area contributed by atoms with E-state index < -0.39 is 12.0 Å². The van der Waals surface area contributed by atoms with E-state index in [1.807, 2.05) is 28.5 Å². The highest BCUT2D eigenvalue weighted by atomic mass is 35.5. The number of halogens is 1. The molecule has 0 unspecified atom stereocenters. The summed E-state index contributed by atoms with van der Waals surface area (Å²) in [5.74, 6) is 0.0538. The summed E-state index contributed by atoms with van der Waals surface area (Å²) in [7, 11) is 0. The number of nitrogens with one attached hydrogen (secondary N) is 1. The van der Waals surface area contributed by atoms with Gasteiger partial charge in [-0.15, -0.1) is 0 Å². The molecule has 4 rings (SSSR count). The van der Waals surface area contributed by atoms with E-state index >= 15 is 0 Å². The Hall–Kier alpha value is -2.97. The first kappa shape index (κ1) is 22.2. The number of furan rings is 1. The fraction of sp³-hybridized carbons (Fsp3) is 0.261. The third-order valence-electron chi connectivity index (χ3n) is 5.08. The molecule has 1 atom stereocenters. The van der Waals surface area contributed by atoms with Gasteiger partial charge in [0.25, 0.3) is 0 Å². The van der Waals surface area contributed by atoms with E-state index in [1.54, 1.807) is 38.3 Å². The maximum absolute atomic E-state index is 12.9. The van der Waals surface area contributed by atoms with Crippen LogP contribution in [0.25, 0.3) is 0 Å². The predicted octanol–water partition coefficient (Wildman–Crippen LogP) is 4.78. The molecule has 166 valence electrons. The van der Waals surface area contributed by atoms with E-state index in [0.29, 0.717) is 33.8 Å². The van der Waals surface area contributed by atoms with Crippen LogP contribution in [0.2, 0.25) is 5.02 Å². The molecule has 1 amide bonds. The molecule has 0 bridgehead atoms. The van der Waals surface area contributed by atoms with Gasteiger partial charge in [0.1, 0.15) is 5.76 Å². The second-order valence-electron chi connectivity index (χ2n) is 7.17. The topological polar surface area (TPSA) is 84.1 Å². The third kappa shape index (κ3) is 4.47. The number of allylic oxidation sites excluding steroid dienone is 1. The number of thioether (sulfide) groups is 1. The molecule has 2 aliphatic rings. The van der Waals surface area contributed by atoms with Crippen LogP contribution in [0.3, 0.4) is 0 Å². The smallest absolute Gasteiger partial charge is 0.338 e. The zero-order valence-corrected chi connectivity index (χ0v) is 19.2. The summed E-state index contributed by atoms with van der Waals surface area (Å²) < 4.78 is 10.6. The number of amides is 1. The molecule has 0 radical (unpaired) electrons. The van der Waals surface area contributed by atoms with Gasteiger partial charge in [-0.05, 0) is 43.0 Å². The van der Waals surface area contributed by atoms with Gasteiger partial charge in [0, 0.05) is 10.7 Å². The Morgan fingerprint density at radius 2 is 2.09 bits per heavy atom. The van der Waals surface area contributed by atoms with Gasteiger partial charge in [-0.25, -0.2) is 9.79 Å². The van der Waals surface area contributed by atoms with Crippen LogP contribution >= 0.6 is 23.4 Å². The van der Waals surface area contributed by atoms with E-state index in [2.05, 4.69) is 10.3 Å². The monoisotopic (exact) mass is 471 g/mol. The minimum absolute atomic E-state index is 0.114. The first-order chi connectivity index (χ1) is 15.5. The van der Waals surface area contributed by atoms with Crippen molar-refractivity contribution in [3.05, 3.63) is 81.4 Å². The fourth-order valence-corrected chi connectivity index (χ4v) is 4.86. The van der Waals surface area contributed by atoms with Crippen LogP contribution in [0, 0.1) is 0 Å². The fourth-order valence-electron chi connectivity index (χ4n) is 3.66. The summed E-state index contributed by atoms with van der Waals surface area (Å²) in [5, 5.41) is 5.95. The number of carbonyl (C=O) groups excluding carboxylic acids is 2. The zero-order chi connectivity index (χ0) is 22.7. The number of amidine groups is 1. The second kappa shape index (κ2) is 9.67. The SMILES string of the molecule is CCOC(=O)C1=C(C)N=C2SC=C(CC(=O)NCc3ccco3)N2[C@@H]1c1ccccc1Cl. The van der Waals surface area contributed by atoms with Crippen molar-refractivity contribution in [2.24, 2.45) is 4.99 Å². The average Bonchev–Trinajstić information content (AvgIpc) is 3.42. The van der Waals surface area contributed by atoms with Crippen LogP contribution in [-0.2, 0) is 20.9 Å². The molecule has 1 aromatic heterocycles. The van der Waals surface area contributed by atoms with Crippen LogP contribution in [0.15, 0.2) is 74.4 Å². The molecule has 0 aliphatic carbocycles. The van der Waals surface area contributed by atoms with Gasteiger partial charge in [-0.2, -0.15) is 0 Å². The highest BCUT2D eigenvalue weighted by Crippen LogP contribution is 2.46. The zero-order valence-electron chi connectivity index (χ0n) is 17.6. The van der Waals surface area contributed by atoms with E-state index in [4.69, 9.17) is 20.8 Å². The highest BCUT2D eigenvalue weighted by Gasteiger charge is 2.41. The summed E-state index contributed by atoms with van der Waals surface area (Å²) >= 11 is 7.96. The lowest BCUT2D eigenvalue weighted by atomic mass is 9.93. The summed E-state index contributed by atoms with van der Waals surface area (Å²) in [4.78, 5) is 32.1. The van der Waals surface area contributed by atoms with Crippen LogP contribution in [-0.4, -0.2) is 28.6 Å². The minimum Gasteiger partial charge on any atom is -0.467 e. The lowest BCUT2D eigenvalue weighted by molar-refractivity contribution is -0.139. The molecule has 0 saturated carbocycles. The number of hydrogen-bond acceptors (Lipinski definition) is 7. The van der Waals surface area contributed by atoms with Gasteiger partial charge < -0.3 is 19.4 Å². The van der Waals surface area contributed by atoms with Crippen molar-refractivity contribution in [3.63, 3.8) is 0 Å². The van der Waals surface area contributed by atoms with Crippen LogP contribution < -0.4 is 5.32 Å². The number of carbonyl (C=O) groups is 2. The van der Waals surface area contributed by atoms with Gasteiger partial charge in [0.2, 0.25) is 5.91 Å². The normalized spacial score (nSPS) is 17.6. The molecular formula is C23H22ClN3O4S.